The van der Waals surface area contributed by atoms with Gasteiger partial charge in [0.2, 0.25) is 0 Å². The minimum atomic E-state index is 0.733. The van der Waals surface area contributed by atoms with Crippen LogP contribution in [0.25, 0.3) is 16.6 Å². The number of hydrogen-bond acceptors (Lipinski definition) is 3. The molecule has 3 aromatic heterocycles. The van der Waals surface area contributed by atoms with Crippen LogP contribution in [-0.4, -0.2) is 24.1 Å². The molecule has 23 heavy (non-hydrogen) atoms. The second kappa shape index (κ2) is 5.68. The van der Waals surface area contributed by atoms with E-state index in [1.54, 1.807) is 0 Å². The first kappa shape index (κ1) is 13.7. The molecule has 0 bridgehead atoms. The predicted octanol–water partition coefficient (Wildman–Crippen LogP) is 3.23. The Morgan fingerprint density at radius 3 is 2.91 bits per heavy atom. The molecule has 0 unspecified atom stereocenters. The number of benzene rings is 1. The summed E-state index contributed by atoms with van der Waals surface area (Å²) < 4.78 is 4.14. The molecule has 0 spiro atoms. The predicted molar refractivity (Wildman–Crippen MR) is 89.6 cm³/mol. The Morgan fingerprint density at radius 2 is 2.00 bits per heavy atom. The highest BCUT2D eigenvalue weighted by Gasteiger charge is 2.06. The van der Waals surface area contributed by atoms with Crippen LogP contribution in [0.3, 0.4) is 0 Å². The molecule has 5 nitrogen and oxygen atoms in total. The fourth-order valence-corrected chi connectivity index (χ4v) is 2.76. The van der Waals surface area contributed by atoms with E-state index < -0.39 is 0 Å². The van der Waals surface area contributed by atoms with E-state index in [1.807, 2.05) is 53.9 Å². The Hall–Kier alpha value is -2.95. The zero-order chi connectivity index (χ0) is 15.6. The average Bonchev–Trinajstić information content (AvgIpc) is 3.24. The van der Waals surface area contributed by atoms with E-state index in [4.69, 9.17) is 0 Å². The zero-order valence-electron chi connectivity index (χ0n) is 12.9. The first-order valence-electron chi connectivity index (χ1n) is 7.71. The molecule has 0 atom stereocenters. The minimum absolute atomic E-state index is 0.733. The van der Waals surface area contributed by atoms with E-state index >= 15 is 0 Å². The second-order valence-corrected chi connectivity index (χ2v) is 5.48. The van der Waals surface area contributed by atoms with Gasteiger partial charge in [0.05, 0.1) is 36.0 Å². The number of pyridine rings is 1. The molecule has 0 saturated carbocycles. The lowest BCUT2D eigenvalue weighted by atomic mass is 10.2. The maximum absolute atomic E-state index is 4.51. The van der Waals surface area contributed by atoms with Gasteiger partial charge in [-0.1, -0.05) is 25.1 Å². The summed E-state index contributed by atoms with van der Waals surface area (Å²) in [5.74, 6) is 1.08. The molecule has 4 aromatic rings. The molecule has 114 valence electrons. The molecule has 0 amide bonds. The number of para-hydroxylation sites is 1. The number of fused-ring (bicyclic) bond motifs is 1. The molecule has 0 aliphatic heterocycles. The molecule has 0 saturated heterocycles. The van der Waals surface area contributed by atoms with Gasteiger partial charge in [-0.25, -0.2) is 9.97 Å². The monoisotopic (exact) mass is 303 g/mol. The summed E-state index contributed by atoms with van der Waals surface area (Å²) in [6.45, 7) is 2.84. The number of hydrogen-bond donors (Lipinski definition) is 0. The molecule has 0 aliphatic carbocycles. The van der Waals surface area contributed by atoms with E-state index in [9.17, 15) is 0 Å². The summed E-state index contributed by atoms with van der Waals surface area (Å²) in [5, 5.41) is 1.13. The maximum atomic E-state index is 4.51. The van der Waals surface area contributed by atoms with Gasteiger partial charge in [-0.3, -0.25) is 4.98 Å². The van der Waals surface area contributed by atoms with E-state index in [1.165, 1.54) is 0 Å². The lowest BCUT2D eigenvalue weighted by molar-refractivity contribution is 0.719. The highest BCUT2D eigenvalue weighted by molar-refractivity contribution is 5.80. The summed E-state index contributed by atoms with van der Waals surface area (Å²) in [7, 11) is 0. The highest BCUT2D eigenvalue weighted by atomic mass is 15.1. The zero-order valence-corrected chi connectivity index (χ0v) is 12.9. The standard InChI is InChI=1S/C18H17N5/c1-2-18-19-7-8-22(18)11-15-12-23(13-21-15)16-9-14-5-3-4-6-17(14)20-10-16/h3-10,12-13H,2,11H2,1H3. The molecule has 4 rings (SSSR count). The SMILES string of the molecule is CCc1nccn1Cc1cn(-c2cnc3ccccc3c2)cn1. The Morgan fingerprint density at radius 1 is 1.09 bits per heavy atom. The average molecular weight is 303 g/mol. The van der Waals surface area contributed by atoms with Crippen molar-refractivity contribution in [3.05, 3.63) is 73.0 Å². The summed E-state index contributed by atoms with van der Waals surface area (Å²) in [6, 6.07) is 10.2. The minimum Gasteiger partial charge on any atom is -0.329 e. The van der Waals surface area contributed by atoms with Crippen molar-refractivity contribution in [2.45, 2.75) is 19.9 Å². The molecule has 0 radical (unpaired) electrons. The first-order chi connectivity index (χ1) is 11.3. The fraction of sp³-hybridized carbons (Fsp3) is 0.167. The number of nitrogens with zero attached hydrogens (tertiary/aromatic N) is 5. The second-order valence-electron chi connectivity index (χ2n) is 5.48. The molecule has 1 aromatic carbocycles. The molecule has 3 heterocycles. The van der Waals surface area contributed by atoms with Gasteiger partial charge < -0.3 is 9.13 Å². The van der Waals surface area contributed by atoms with Gasteiger partial charge in [-0.2, -0.15) is 0 Å². The van der Waals surface area contributed by atoms with Crippen molar-refractivity contribution in [1.82, 2.24) is 24.1 Å². The van der Waals surface area contributed by atoms with Gasteiger partial charge in [-0.05, 0) is 12.1 Å². The van der Waals surface area contributed by atoms with E-state index in [0.717, 1.165) is 41.1 Å². The Balaban J connectivity index is 1.64. The van der Waals surface area contributed by atoms with Crippen molar-refractivity contribution in [1.29, 1.82) is 0 Å². The van der Waals surface area contributed by atoms with Crippen LogP contribution >= 0.6 is 0 Å². The normalized spacial score (nSPS) is 11.2. The third-order valence-electron chi connectivity index (χ3n) is 3.96. The Labute approximate surface area is 134 Å². The van der Waals surface area contributed by atoms with Crippen LogP contribution < -0.4 is 0 Å². The number of aromatic nitrogens is 5. The number of rotatable bonds is 4. The largest absolute Gasteiger partial charge is 0.329 e. The topological polar surface area (TPSA) is 48.5 Å². The van der Waals surface area contributed by atoms with Gasteiger partial charge in [0, 0.05) is 30.4 Å². The van der Waals surface area contributed by atoms with Gasteiger partial charge in [0.1, 0.15) is 5.82 Å². The smallest absolute Gasteiger partial charge is 0.108 e. The maximum Gasteiger partial charge on any atom is 0.108 e. The molecule has 5 heteroatoms. The fourth-order valence-electron chi connectivity index (χ4n) is 2.76. The van der Waals surface area contributed by atoms with Crippen molar-refractivity contribution in [2.24, 2.45) is 0 Å². The van der Waals surface area contributed by atoms with Gasteiger partial charge in [0.15, 0.2) is 0 Å². The highest BCUT2D eigenvalue weighted by Crippen LogP contribution is 2.16. The summed E-state index contributed by atoms with van der Waals surface area (Å²) >= 11 is 0. The van der Waals surface area contributed by atoms with Crippen LogP contribution in [0.15, 0.2) is 61.4 Å². The van der Waals surface area contributed by atoms with Gasteiger partial charge in [0.25, 0.3) is 0 Å². The molecule has 0 N–H and O–H groups in total. The molecular weight excluding hydrogens is 286 g/mol. The van der Waals surface area contributed by atoms with Crippen molar-refractivity contribution >= 4 is 10.9 Å². The van der Waals surface area contributed by atoms with E-state index in [2.05, 4.69) is 38.6 Å². The van der Waals surface area contributed by atoms with Crippen molar-refractivity contribution in [3.63, 3.8) is 0 Å². The van der Waals surface area contributed by atoms with Crippen LogP contribution in [0.4, 0.5) is 0 Å². The summed E-state index contributed by atoms with van der Waals surface area (Å²) in [5.41, 5.74) is 3.03. The summed E-state index contributed by atoms with van der Waals surface area (Å²) in [4.78, 5) is 13.4. The first-order valence-corrected chi connectivity index (χ1v) is 7.71. The van der Waals surface area contributed by atoms with Crippen LogP contribution in [0.5, 0.6) is 0 Å². The van der Waals surface area contributed by atoms with Crippen molar-refractivity contribution < 1.29 is 0 Å². The third kappa shape index (κ3) is 2.61. The van der Waals surface area contributed by atoms with Gasteiger partial charge >= 0.3 is 0 Å². The molecule has 0 aliphatic rings. The summed E-state index contributed by atoms with van der Waals surface area (Å²) in [6.07, 6.45) is 10.5. The van der Waals surface area contributed by atoms with Crippen LogP contribution in [0.1, 0.15) is 18.4 Å². The number of imidazole rings is 2. The van der Waals surface area contributed by atoms with E-state index in [-0.39, 0.29) is 0 Å². The quantitative estimate of drug-likeness (QED) is 0.581. The van der Waals surface area contributed by atoms with Crippen LogP contribution in [0, 0.1) is 0 Å². The Kier molecular flexibility index (Phi) is 3.38. The Bertz CT molecular complexity index is 951. The van der Waals surface area contributed by atoms with Crippen molar-refractivity contribution in [3.8, 4) is 5.69 Å². The molecule has 0 fully saturated rings. The van der Waals surface area contributed by atoms with Gasteiger partial charge in [-0.15, -0.1) is 0 Å². The lowest BCUT2D eigenvalue weighted by Crippen LogP contribution is -2.03. The molecular formula is C18H17N5. The number of aryl methyl sites for hydroxylation is 1. The third-order valence-corrected chi connectivity index (χ3v) is 3.96. The van der Waals surface area contributed by atoms with Crippen molar-refractivity contribution in [2.75, 3.05) is 0 Å². The van der Waals surface area contributed by atoms with Crippen LogP contribution in [-0.2, 0) is 13.0 Å². The lowest BCUT2D eigenvalue weighted by Gasteiger charge is -2.04. The van der Waals surface area contributed by atoms with Crippen LogP contribution in [0.2, 0.25) is 0 Å². The van der Waals surface area contributed by atoms with E-state index in [0.29, 0.717) is 0 Å².